The molecule has 270 valence electrons. The van der Waals surface area contributed by atoms with Crippen LogP contribution in [0.1, 0.15) is 29.5 Å². The van der Waals surface area contributed by atoms with Gasteiger partial charge in [0.05, 0.1) is 0 Å². The summed E-state index contributed by atoms with van der Waals surface area (Å²) in [5.74, 6) is 0.696. The lowest BCUT2D eigenvalue weighted by atomic mass is 9.78. The van der Waals surface area contributed by atoms with Gasteiger partial charge < -0.3 is 9.32 Å². The van der Waals surface area contributed by atoms with Crippen molar-refractivity contribution in [3.05, 3.63) is 216 Å². The van der Waals surface area contributed by atoms with Crippen LogP contribution in [0.25, 0.3) is 64.4 Å². The molecule has 3 atom stereocenters. The normalized spacial score (nSPS) is 18.2. The van der Waals surface area contributed by atoms with Crippen LogP contribution in [0.2, 0.25) is 0 Å². The number of furan rings is 1. The minimum Gasteiger partial charge on any atom is -0.456 e. The number of rotatable bonds is 5. The van der Waals surface area contributed by atoms with E-state index in [1.165, 1.54) is 70.4 Å². The van der Waals surface area contributed by atoms with Gasteiger partial charge >= 0.3 is 0 Å². The molecular weight excluding hydrogens is 711 g/mol. The Bertz CT molecular complexity index is 3230. The number of hydrogen-bond acceptors (Lipinski definition) is 3. The average molecular weight is 748 g/mol. The molecule has 3 unspecified atom stereocenters. The van der Waals surface area contributed by atoms with E-state index in [1.54, 1.807) is 0 Å². The van der Waals surface area contributed by atoms with Gasteiger partial charge in [-0.2, -0.15) is 0 Å². The molecule has 2 heterocycles. The molecule has 0 amide bonds. The second-order valence-electron chi connectivity index (χ2n) is 15.7. The van der Waals surface area contributed by atoms with Gasteiger partial charge in [-0.1, -0.05) is 128 Å². The lowest BCUT2D eigenvalue weighted by molar-refractivity contribution is 0.542. The molecule has 0 aliphatic heterocycles. The Balaban J connectivity index is 1.04. The molecule has 0 fully saturated rings. The van der Waals surface area contributed by atoms with Gasteiger partial charge in [0, 0.05) is 65.8 Å². The van der Waals surface area contributed by atoms with Gasteiger partial charge in [0.1, 0.15) is 11.2 Å². The molecule has 3 aliphatic carbocycles. The SMILES string of the molecule is CC1C(N(c2ccc3c(c2)C(c2ccccc2)c2ccc(-c4ccc5sc6ccccc6c5c4)cc2-3)c2ccc3oc4ccccc4c3c2)=CC=C2C=CC=CC21. The summed E-state index contributed by atoms with van der Waals surface area (Å²) in [6.45, 7) is 2.37. The molecule has 7 aromatic carbocycles. The van der Waals surface area contributed by atoms with Crippen molar-refractivity contribution >= 4 is 64.8 Å². The van der Waals surface area contributed by atoms with Crippen LogP contribution in [-0.2, 0) is 0 Å². The number of anilines is 2. The molecule has 3 aliphatic rings. The number of allylic oxidation sites excluding steroid dienone is 8. The monoisotopic (exact) mass is 747 g/mol. The maximum atomic E-state index is 6.31. The van der Waals surface area contributed by atoms with E-state index in [2.05, 4.69) is 194 Å². The van der Waals surface area contributed by atoms with E-state index >= 15 is 0 Å². The number of nitrogens with zero attached hydrogens (tertiary/aromatic N) is 1. The summed E-state index contributed by atoms with van der Waals surface area (Å²) in [5, 5.41) is 4.93. The molecule has 0 radical (unpaired) electrons. The maximum Gasteiger partial charge on any atom is 0.135 e. The average Bonchev–Trinajstić information content (AvgIpc) is 3.93. The number of hydrogen-bond donors (Lipinski definition) is 0. The zero-order chi connectivity index (χ0) is 37.6. The Labute approximate surface area is 335 Å². The Morgan fingerprint density at radius 3 is 2.23 bits per heavy atom. The van der Waals surface area contributed by atoms with Crippen LogP contribution < -0.4 is 4.90 Å². The summed E-state index contributed by atoms with van der Waals surface area (Å²) in [7, 11) is 0. The predicted molar refractivity (Wildman–Crippen MR) is 241 cm³/mol. The number of thiophene rings is 1. The van der Waals surface area contributed by atoms with Gasteiger partial charge in [-0.05, 0) is 111 Å². The molecule has 0 saturated carbocycles. The van der Waals surface area contributed by atoms with Crippen molar-refractivity contribution in [1.82, 2.24) is 0 Å². The third kappa shape index (κ3) is 5.09. The molecule has 12 rings (SSSR count). The lowest BCUT2D eigenvalue weighted by Crippen LogP contribution is -2.28. The summed E-state index contributed by atoms with van der Waals surface area (Å²) < 4.78 is 8.98. The van der Waals surface area contributed by atoms with Gasteiger partial charge in [-0.15, -0.1) is 11.3 Å². The molecule has 2 nitrogen and oxygen atoms in total. The highest BCUT2D eigenvalue weighted by Gasteiger charge is 2.34. The van der Waals surface area contributed by atoms with E-state index in [1.807, 2.05) is 17.4 Å². The zero-order valence-corrected chi connectivity index (χ0v) is 32.2. The maximum absolute atomic E-state index is 6.31. The zero-order valence-electron chi connectivity index (χ0n) is 31.4. The molecule has 57 heavy (non-hydrogen) atoms. The Kier molecular flexibility index (Phi) is 7.24. The van der Waals surface area contributed by atoms with Gasteiger partial charge in [0.15, 0.2) is 0 Å². The highest BCUT2D eigenvalue weighted by molar-refractivity contribution is 7.25. The van der Waals surface area contributed by atoms with E-state index in [0.717, 1.165) is 33.3 Å². The van der Waals surface area contributed by atoms with Crippen LogP contribution in [0, 0.1) is 11.8 Å². The first-order valence-electron chi connectivity index (χ1n) is 19.9. The molecular formula is C54H37NOS. The second-order valence-corrected chi connectivity index (χ2v) is 16.7. The highest BCUT2D eigenvalue weighted by atomic mass is 32.1. The van der Waals surface area contributed by atoms with Crippen molar-refractivity contribution in [2.24, 2.45) is 11.8 Å². The van der Waals surface area contributed by atoms with Gasteiger partial charge in [-0.25, -0.2) is 0 Å². The molecule has 0 N–H and O–H groups in total. The molecule has 0 spiro atoms. The fraction of sp³-hybridized carbons (Fsp3) is 0.0741. The number of para-hydroxylation sites is 1. The van der Waals surface area contributed by atoms with E-state index in [0.29, 0.717) is 5.92 Å². The second kappa shape index (κ2) is 12.7. The molecule has 3 heteroatoms. The van der Waals surface area contributed by atoms with Gasteiger partial charge in [0.25, 0.3) is 0 Å². The van der Waals surface area contributed by atoms with Crippen LogP contribution in [-0.4, -0.2) is 0 Å². The molecule has 2 aromatic heterocycles. The molecule has 0 saturated heterocycles. The van der Waals surface area contributed by atoms with Gasteiger partial charge in [-0.3, -0.25) is 0 Å². The van der Waals surface area contributed by atoms with Crippen LogP contribution >= 0.6 is 11.3 Å². The van der Waals surface area contributed by atoms with Crippen molar-refractivity contribution < 1.29 is 4.42 Å². The quantitative estimate of drug-likeness (QED) is 0.174. The first-order valence-corrected chi connectivity index (χ1v) is 20.7. The largest absolute Gasteiger partial charge is 0.456 e. The Hall–Kier alpha value is -6.68. The fourth-order valence-corrected chi connectivity index (χ4v) is 10.8. The van der Waals surface area contributed by atoms with Crippen molar-refractivity contribution in [2.75, 3.05) is 4.90 Å². The van der Waals surface area contributed by atoms with Crippen LogP contribution in [0.4, 0.5) is 11.4 Å². The summed E-state index contributed by atoms with van der Waals surface area (Å²) in [4.78, 5) is 2.50. The first kappa shape index (κ1) is 32.6. The van der Waals surface area contributed by atoms with Crippen molar-refractivity contribution in [1.29, 1.82) is 0 Å². The van der Waals surface area contributed by atoms with Crippen molar-refractivity contribution in [2.45, 2.75) is 12.8 Å². The first-order chi connectivity index (χ1) is 28.2. The Morgan fingerprint density at radius 1 is 0.544 bits per heavy atom. The topological polar surface area (TPSA) is 16.4 Å². The van der Waals surface area contributed by atoms with Crippen molar-refractivity contribution in [3.63, 3.8) is 0 Å². The van der Waals surface area contributed by atoms with Crippen LogP contribution in [0.3, 0.4) is 0 Å². The third-order valence-electron chi connectivity index (χ3n) is 12.5. The minimum absolute atomic E-state index is 0.117. The highest BCUT2D eigenvalue weighted by Crippen LogP contribution is 2.52. The molecule has 0 bridgehead atoms. The van der Waals surface area contributed by atoms with E-state index in [9.17, 15) is 0 Å². The summed E-state index contributed by atoms with van der Waals surface area (Å²) in [6, 6.07) is 56.2. The predicted octanol–water partition coefficient (Wildman–Crippen LogP) is 15.1. The fourth-order valence-electron chi connectivity index (χ4n) is 9.76. The van der Waals surface area contributed by atoms with Gasteiger partial charge in [0.2, 0.25) is 0 Å². The summed E-state index contributed by atoms with van der Waals surface area (Å²) in [5.41, 5.74) is 15.9. The number of benzene rings is 7. The third-order valence-corrected chi connectivity index (χ3v) is 13.7. The summed E-state index contributed by atoms with van der Waals surface area (Å²) in [6.07, 6.45) is 13.6. The van der Waals surface area contributed by atoms with E-state index in [4.69, 9.17) is 4.42 Å². The number of fused-ring (bicyclic) bond motifs is 10. The van der Waals surface area contributed by atoms with Crippen LogP contribution in [0.5, 0.6) is 0 Å². The smallest absolute Gasteiger partial charge is 0.135 e. The summed E-state index contributed by atoms with van der Waals surface area (Å²) >= 11 is 1.87. The minimum atomic E-state index is 0.117. The standard InChI is InChI=1S/C54H37NOS/c1-33-40-14-6-5-11-34(40)20-26-49(33)55(39-23-27-51-46(31-39)42-15-7-9-17-50(42)56-51)38-22-25-41-45-29-36(19-24-44(45)54(48(41)32-38)35-12-3-2-4-13-35)37-21-28-53-47(30-37)43-16-8-10-18-52(43)57-53/h2-33,40,54H,1H3. The van der Waals surface area contributed by atoms with Crippen molar-refractivity contribution in [3.8, 4) is 22.3 Å². The molecule has 9 aromatic rings. The lowest BCUT2D eigenvalue weighted by Gasteiger charge is -2.37. The van der Waals surface area contributed by atoms with E-state index in [-0.39, 0.29) is 11.8 Å². The van der Waals surface area contributed by atoms with E-state index < -0.39 is 0 Å². The van der Waals surface area contributed by atoms with Crippen LogP contribution in [0.15, 0.2) is 204 Å². The Morgan fingerprint density at radius 2 is 1.30 bits per heavy atom.